The normalized spacial score (nSPS) is 10.7. The predicted molar refractivity (Wildman–Crippen MR) is 116 cm³/mol. The molecule has 29 heavy (non-hydrogen) atoms. The number of aryl methyl sites for hydroxylation is 2. The predicted octanol–water partition coefficient (Wildman–Crippen LogP) is 6.13. The SMILES string of the molecule is CCc1cccc(C)c1NC(=O)c1ccccc1-c1ncc(-c2ccccc2)o1. The van der Waals surface area contributed by atoms with Gasteiger partial charge in [0.05, 0.1) is 11.8 Å². The van der Waals surface area contributed by atoms with Crippen LogP contribution in [0.15, 0.2) is 83.4 Å². The molecular weight excluding hydrogens is 360 g/mol. The molecule has 0 bridgehead atoms. The summed E-state index contributed by atoms with van der Waals surface area (Å²) in [6.45, 7) is 4.08. The zero-order valence-electron chi connectivity index (χ0n) is 16.5. The summed E-state index contributed by atoms with van der Waals surface area (Å²) in [7, 11) is 0. The molecule has 3 aromatic carbocycles. The Balaban J connectivity index is 1.68. The van der Waals surface area contributed by atoms with Crippen molar-refractivity contribution < 1.29 is 9.21 Å². The maximum atomic E-state index is 13.1. The zero-order valence-corrected chi connectivity index (χ0v) is 16.5. The van der Waals surface area contributed by atoms with Crippen molar-refractivity contribution in [2.45, 2.75) is 20.3 Å². The van der Waals surface area contributed by atoms with Gasteiger partial charge in [0.15, 0.2) is 5.76 Å². The van der Waals surface area contributed by atoms with Gasteiger partial charge in [-0.05, 0) is 36.6 Å². The van der Waals surface area contributed by atoms with Crippen LogP contribution < -0.4 is 5.32 Å². The van der Waals surface area contributed by atoms with Gasteiger partial charge in [-0.3, -0.25) is 4.79 Å². The van der Waals surface area contributed by atoms with E-state index in [-0.39, 0.29) is 5.91 Å². The second-order valence-corrected chi connectivity index (χ2v) is 6.86. The Morgan fingerprint density at radius 1 is 0.966 bits per heavy atom. The van der Waals surface area contributed by atoms with Crippen LogP contribution in [0.3, 0.4) is 0 Å². The summed E-state index contributed by atoms with van der Waals surface area (Å²) < 4.78 is 5.97. The summed E-state index contributed by atoms with van der Waals surface area (Å²) in [4.78, 5) is 17.5. The van der Waals surface area contributed by atoms with Gasteiger partial charge in [-0.1, -0.05) is 67.6 Å². The zero-order chi connectivity index (χ0) is 20.2. The lowest BCUT2D eigenvalue weighted by Gasteiger charge is -2.14. The third-order valence-corrected chi connectivity index (χ3v) is 4.94. The van der Waals surface area contributed by atoms with Crippen molar-refractivity contribution in [1.29, 1.82) is 0 Å². The van der Waals surface area contributed by atoms with E-state index >= 15 is 0 Å². The number of nitrogens with zero attached hydrogens (tertiary/aromatic N) is 1. The van der Waals surface area contributed by atoms with Gasteiger partial charge in [-0.15, -0.1) is 0 Å². The molecule has 0 aliphatic rings. The second kappa shape index (κ2) is 8.15. The van der Waals surface area contributed by atoms with Gasteiger partial charge in [0.25, 0.3) is 5.91 Å². The van der Waals surface area contributed by atoms with Gasteiger partial charge < -0.3 is 9.73 Å². The summed E-state index contributed by atoms with van der Waals surface area (Å²) in [5.74, 6) is 0.919. The van der Waals surface area contributed by atoms with Crippen LogP contribution >= 0.6 is 0 Å². The Morgan fingerprint density at radius 3 is 2.52 bits per heavy atom. The molecule has 0 unspecified atom stereocenters. The number of nitrogens with one attached hydrogen (secondary N) is 1. The number of benzene rings is 3. The fourth-order valence-electron chi connectivity index (χ4n) is 3.39. The molecule has 4 nitrogen and oxygen atoms in total. The Kier molecular flexibility index (Phi) is 5.25. The number of anilines is 1. The standard InChI is InChI=1S/C25H22N2O2/c1-3-18-13-9-10-17(2)23(18)27-24(28)20-14-7-8-15-21(20)25-26-16-22(29-25)19-11-5-4-6-12-19/h4-16H,3H2,1-2H3,(H,27,28). The first-order valence-electron chi connectivity index (χ1n) is 9.68. The van der Waals surface area contributed by atoms with Crippen molar-refractivity contribution in [2.24, 2.45) is 0 Å². The summed E-state index contributed by atoms with van der Waals surface area (Å²) in [5, 5.41) is 3.09. The highest BCUT2D eigenvalue weighted by atomic mass is 16.4. The molecule has 4 heteroatoms. The lowest BCUT2D eigenvalue weighted by molar-refractivity contribution is 0.102. The van der Waals surface area contributed by atoms with Crippen molar-refractivity contribution in [3.8, 4) is 22.8 Å². The molecular formula is C25H22N2O2. The highest BCUT2D eigenvalue weighted by Crippen LogP contribution is 2.29. The third kappa shape index (κ3) is 3.83. The number of carbonyl (C=O) groups is 1. The summed E-state index contributed by atoms with van der Waals surface area (Å²) in [6.07, 6.45) is 2.54. The quantitative estimate of drug-likeness (QED) is 0.451. The number of oxazole rings is 1. The minimum atomic E-state index is -0.177. The number of hydrogen-bond donors (Lipinski definition) is 1. The molecule has 0 fully saturated rings. The van der Waals surface area contributed by atoms with Crippen LogP contribution in [0.5, 0.6) is 0 Å². The molecule has 0 aliphatic carbocycles. The van der Waals surface area contributed by atoms with E-state index in [2.05, 4.69) is 17.2 Å². The number of aromatic nitrogens is 1. The molecule has 0 saturated carbocycles. The maximum absolute atomic E-state index is 13.1. The lowest BCUT2D eigenvalue weighted by atomic mass is 10.0. The summed E-state index contributed by atoms with van der Waals surface area (Å²) >= 11 is 0. The Morgan fingerprint density at radius 2 is 1.72 bits per heavy atom. The van der Waals surface area contributed by atoms with Crippen molar-refractivity contribution in [3.05, 3.63) is 95.7 Å². The van der Waals surface area contributed by atoms with E-state index in [4.69, 9.17) is 4.42 Å². The molecule has 0 spiro atoms. The molecule has 1 N–H and O–H groups in total. The minimum Gasteiger partial charge on any atom is -0.436 e. The topological polar surface area (TPSA) is 55.1 Å². The van der Waals surface area contributed by atoms with E-state index in [1.807, 2.05) is 73.7 Å². The molecule has 4 rings (SSSR count). The minimum absolute atomic E-state index is 0.177. The first-order chi connectivity index (χ1) is 14.2. The van der Waals surface area contributed by atoms with Crippen molar-refractivity contribution in [3.63, 3.8) is 0 Å². The lowest BCUT2D eigenvalue weighted by Crippen LogP contribution is -2.15. The van der Waals surface area contributed by atoms with Crippen molar-refractivity contribution in [1.82, 2.24) is 4.98 Å². The van der Waals surface area contributed by atoms with E-state index in [0.29, 0.717) is 22.8 Å². The highest BCUT2D eigenvalue weighted by molar-refractivity contribution is 6.08. The number of carbonyl (C=O) groups excluding carboxylic acids is 1. The molecule has 0 atom stereocenters. The second-order valence-electron chi connectivity index (χ2n) is 6.86. The van der Waals surface area contributed by atoms with Crippen LogP contribution in [0.2, 0.25) is 0 Å². The van der Waals surface area contributed by atoms with Crippen molar-refractivity contribution in [2.75, 3.05) is 5.32 Å². The van der Waals surface area contributed by atoms with Gasteiger partial charge >= 0.3 is 0 Å². The summed E-state index contributed by atoms with van der Waals surface area (Å²) in [5.41, 5.74) is 5.15. The van der Waals surface area contributed by atoms with E-state index in [1.54, 1.807) is 12.3 Å². The van der Waals surface area contributed by atoms with E-state index in [0.717, 1.165) is 28.8 Å². The fourth-order valence-corrected chi connectivity index (χ4v) is 3.39. The highest BCUT2D eigenvalue weighted by Gasteiger charge is 2.18. The van der Waals surface area contributed by atoms with Gasteiger partial charge in [0, 0.05) is 16.8 Å². The van der Waals surface area contributed by atoms with Crippen LogP contribution in [-0.2, 0) is 6.42 Å². The van der Waals surface area contributed by atoms with Crippen LogP contribution in [0.25, 0.3) is 22.8 Å². The monoisotopic (exact) mass is 382 g/mol. The van der Waals surface area contributed by atoms with Crippen LogP contribution in [0.4, 0.5) is 5.69 Å². The number of hydrogen-bond acceptors (Lipinski definition) is 3. The molecule has 1 aromatic heterocycles. The van der Waals surface area contributed by atoms with Crippen molar-refractivity contribution >= 4 is 11.6 Å². The Labute approximate surface area is 170 Å². The van der Waals surface area contributed by atoms with Gasteiger partial charge in [0.1, 0.15) is 0 Å². The van der Waals surface area contributed by atoms with Gasteiger partial charge in [-0.2, -0.15) is 0 Å². The average Bonchev–Trinajstić information content (AvgIpc) is 3.26. The molecule has 0 aliphatic heterocycles. The largest absolute Gasteiger partial charge is 0.436 e. The van der Waals surface area contributed by atoms with Gasteiger partial charge in [0.2, 0.25) is 5.89 Å². The summed E-state index contributed by atoms with van der Waals surface area (Å²) in [6, 6.07) is 23.2. The third-order valence-electron chi connectivity index (χ3n) is 4.94. The number of para-hydroxylation sites is 1. The molecule has 1 heterocycles. The average molecular weight is 382 g/mol. The Bertz CT molecular complexity index is 1150. The molecule has 144 valence electrons. The molecule has 0 saturated heterocycles. The van der Waals surface area contributed by atoms with Crippen LogP contribution in [0, 0.1) is 6.92 Å². The Hall–Kier alpha value is -3.66. The molecule has 0 radical (unpaired) electrons. The van der Waals surface area contributed by atoms with E-state index in [9.17, 15) is 4.79 Å². The van der Waals surface area contributed by atoms with Crippen LogP contribution in [0.1, 0.15) is 28.4 Å². The maximum Gasteiger partial charge on any atom is 0.256 e. The molecule has 1 amide bonds. The fraction of sp³-hybridized carbons (Fsp3) is 0.120. The number of rotatable bonds is 5. The first-order valence-corrected chi connectivity index (χ1v) is 9.68. The first kappa shape index (κ1) is 18.7. The smallest absolute Gasteiger partial charge is 0.256 e. The number of amides is 1. The van der Waals surface area contributed by atoms with Gasteiger partial charge in [-0.25, -0.2) is 4.98 Å². The van der Waals surface area contributed by atoms with E-state index in [1.165, 1.54) is 0 Å². The van der Waals surface area contributed by atoms with E-state index < -0.39 is 0 Å². The molecule has 4 aromatic rings. The van der Waals surface area contributed by atoms with Crippen LogP contribution in [-0.4, -0.2) is 10.9 Å².